The molecule has 0 spiro atoms. The highest BCUT2D eigenvalue weighted by Crippen LogP contribution is 2.41. The van der Waals surface area contributed by atoms with E-state index in [1.54, 1.807) is 0 Å². The molecular formula is C53H37NOS. The molecule has 2 heterocycles. The largest absolute Gasteiger partial charge is 0.456 e. The molecule has 3 heteroatoms. The summed E-state index contributed by atoms with van der Waals surface area (Å²) in [6, 6.07) is 74.0. The lowest BCUT2D eigenvalue weighted by Gasteiger charge is -2.26. The van der Waals surface area contributed by atoms with E-state index >= 15 is 0 Å². The first-order valence-electron chi connectivity index (χ1n) is 19.0. The molecule has 10 rings (SSSR count). The van der Waals surface area contributed by atoms with E-state index in [0.29, 0.717) is 0 Å². The van der Waals surface area contributed by atoms with E-state index in [9.17, 15) is 0 Å². The summed E-state index contributed by atoms with van der Waals surface area (Å²) in [5.74, 6) is 0. The van der Waals surface area contributed by atoms with Gasteiger partial charge in [-0.2, -0.15) is 0 Å². The number of nitrogens with zero attached hydrogens (tertiary/aromatic N) is 1. The minimum absolute atomic E-state index is 0.921. The molecule has 0 amide bonds. The molecule has 266 valence electrons. The topological polar surface area (TPSA) is 16.4 Å². The zero-order valence-electron chi connectivity index (χ0n) is 30.9. The van der Waals surface area contributed by atoms with E-state index < -0.39 is 0 Å². The van der Waals surface area contributed by atoms with E-state index in [4.69, 9.17) is 4.42 Å². The van der Waals surface area contributed by atoms with Crippen LogP contribution in [0.1, 0.15) is 4.88 Å². The van der Waals surface area contributed by atoms with Gasteiger partial charge in [-0.15, -0.1) is 11.3 Å². The van der Waals surface area contributed by atoms with Gasteiger partial charge in [0.2, 0.25) is 0 Å². The third kappa shape index (κ3) is 6.28. The van der Waals surface area contributed by atoms with Crippen molar-refractivity contribution < 1.29 is 4.42 Å². The van der Waals surface area contributed by atoms with Crippen LogP contribution in [-0.2, 0) is 0 Å². The van der Waals surface area contributed by atoms with Crippen LogP contribution in [-0.4, -0.2) is 0 Å². The molecule has 0 N–H and O–H groups in total. The van der Waals surface area contributed by atoms with Crippen LogP contribution in [0.25, 0.3) is 76.2 Å². The number of aryl methyl sites for hydroxylation is 1. The van der Waals surface area contributed by atoms with Crippen molar-refractivity contribution in [3.63, 3.8) is 0 Å². The zero-order chi connectivity index (χ0) is 37.4. The summed E-state index contributed by atoms with van der Waals surface area (Å²) in [7, 11) is 0. The van der Waals surface area contributed by atoms with Gasteiger partial charge in [-0.1, -0.05) is 146 Å². The smallest absolute Gasteiger partial charge is 0.136 e. The molecule has 2 aromatic heterocycles. The predicted molar refractivity (Wildman–Crippen MR) is 240 cm³/mol. The van der Waals surface area contributed by atoms with Crippen molar-refractivity contribution in [1.82, 2.24) is 0 Å². The molecule has 8 aromatic carbocycles. The summed E-state index contributed by atoms with van der Waals surface area (Å²) < 4.78 is 7.44. The average Bonchev–Trinajstić information content (AvgIpc) is 3.67. The van der Waals surface area contributed by atoms with Crippen LogP contribution >= 0.6 is 11.3 Å². The first kappa shape index (κ1) is 33.6. The lowest BCUT2D eigenvalue weighted by Crippen LogP contribution is -2.10. The van der Waals surface area contributed by atoms with Gasteiger partial charge < -0.3 is 9.32 Å². The van der Waals surface area contributed by atoms with Gasteiger partial charge in [-0.3, -0.25) is 0 Å². The molecule has 0 saturated carbocycles. The van der Waals surface area contributed by atoms with E-state index in [1.165, 1.54) is 64.5 Å². The number of fused-ring (bicyclic) bond motifs is 6. The van der Waals surface area contributed by atoms with Crippen LogP contribution in [0.5, 0.6) is 0 Å². The maximum absolute atomic E-state index is 6.17. The predicted octanol–water partition coefficient (Wildman–Crippen LogP) is 15.9. The fourth-order valence-electron chi connectivity index (χ4n) is 7.87. The molecule has 0 aliphatic heterocycles. The third-order valence-electron chi connectivity index (χ3n) is 10.6. The summed E-state index contributed by atoms with van der Waals surface area (Å²) in [5.41, 5.74) is 12.3. The number of furan rings is 1. The number of benzene rings is 8. The molecule has 0 aliphatic rings. The second-order valence-electron chi connectivity index (χ2n) is 14.2. The third-order valence-corrected chi connectivity index (χ3v) is 11.7. The van der Waals surface area contributed by atoms with Crippen LogP contribution in [0.3, 0.4) is 0 Å². The Balaban J connectivity index is 1.05. The second-order valence-corrected chi connectivity index (χ2v) is 15.4. The molecule has 56 heavy (non-hydrogen) atoms. The molecule has 0 saturated heterocycles. The zero-order valence-corrected chi connectivity index (χ0v) is 31.7. The normalized spacial score (nSPS) is 11.3. The highest BCUT2D eigenvalue weighted by molar-refractivity contribution is 7.18. The van der Waals surface area contributed by atoms with Gasteiger partial charge in [0.25, 0.3) is 0 Å². The molecule has 0 bridgehead atoms. The first-order valence-corrected chi connectivity index (χ1v) is 19.8. The Bertz CT molecular complexity index is 3080. The molecule has 0 fully saturated rings. The summed E-state index contributed by atoms with van der Waals surface area (Å²) in [6.07, 6.45) is 0. The lowest BCUT2D eigenvalue weighted by atomic mass is 9.98. The van der Waals surface area contributed by atoms with Crippen molar-refractivity contribution >= 4 is 71.2 Å². The lowest BCUT2D eigenvalue weighted by molar-refractivity contribution is 0.669. The van der Waals surface area contributed by atoms with Crippen LogP contribution in [0.15, 0.2) is 211 Å². The van der Waals surface area contributed by atoms with E-state index in [-0.39, 0.29) is 0 Å². The highest BCUT2D eigenvalue weighted by atomic mass is 32.1. The van der Waals surface area contributed by atoms with E-state index in [2.05, 4.69) is 206 Å². The quantitative estimate of drug-likeness (QED) is 0.169. The SMILES string of the molecule is Cc1cccccc2cccc(-c3ccc(N(c4ccc(-c5ccc6c(ccc7oc8ccccc8c76)c5)cc4)c4cccc(-c5ccccc5)c4)cc3)c2s1. The number of rotatable bonds is 6. The molecular weight excluding hydrogens is 699 g/mol. The van der Waals surface area contributed by atoms with Gasteiger partial charge in [0, 0.05) is 37.4 Å². The van der Waals surface area contributed by atoms with Gasteiger partial charge in [-0.05, 0) is 117 Å². The molecule has 2 nitrogen and oxygen atoms in total. The number of hydrogen-bond donors (Lipinski definition) is 0. The van der Waals surface area contributed by atoms with Gasteiger partial charge in [0.1, 0.15) is 11.2 Å². The Morgan fingerprint density at radius 2 is 1.02 bits per heavy atom. The molecule has 0 unspecified atom stereocenters. The van der Waals surface area contributed by atoms with Crippen LogP contribution < -0.4 is 4.90 Å². The minimum atomic E-state index is 0.921. The van der Waals surface area contributed by atoms with E-state index in [1.807, 2.05) is 23.5 Å². The van der Waals surface area contributed by atoms with Crippen LogP contribution in [0.4, 0.5) is 17.1 Å². The van der Waals surface area contributed by atoms with Crippen molar-refractivity contribution in [2.24, 2.45) is 0 Å². The van der Waals surface area contributed by atoms with Crippen molar-refractivity contribution in [3.8, 4) is 33.4 Å². The number of para-hydroxylation sites is 1. The second kappa shape index (κ2) is 14.4. The number of anilines is 3. The minimum Gasteiger partial charge on any atom is -0.456 e. The van der Waals surface area contributed by atoms with Gasteiger partial charge in [0.15, 0.2) is 0 Å². The highest BCUT2D eigenvalue weighted by Gasteiger charge is 2.16. The Labute approximate surface area is 330 Å². The first-order chi connectivity index (χ1) is 27.7. The Hall–Kier alpha value is -6.94. The number of hydrogen-bond acceptors (Lipinski definition) is 3. The molecule has 10 aromatic rings. The van der Waals surface area contributed by atoms with Crippen molar-refractivity contribution in [3.05, 3.63) is 211 Å². The molecule has 0 aliphatic carbocycles. The van der Waals surface area contributed by atoms with Crippen molar-refractivity contribution in [2.45, 2.75) is 6.92 Å². The fourth-order valence-corrected chi connectivity index (χ4v) is 8.88. The summed E-state index contributed by atoms with van der Waals surface area (Å²) in [6.45, 7) is 2.18. The Kier molecular flexibility index (Phi) is 8.63. The molecule has 0 atom stereocenters. The monoisotopic (exact) mass is 735 g/mol. The summed E-state index contributed by atoms with van der Waals surface area (Å²) in [4.78, 5) is 3.62. The average molecular weight is 736 g/mol. The van der Waals surface area contributed by atoms with E-state index in [0.717, 1.165) is 33.6 Å². The maximum atomic E-state index is 6.17. The van der Waals surface area contributed by atoms with Crippen molar-refractivity contribution in [1.29, 1.82) is 0 Å². The van der Waals surface area contributed by atoms with Gasteiger partial charge >= 0.3 is 0 Å². The maximum Gasteiger partial charge on any atom is 0.136 e. The standard InChI is InChI=1S/C53H37NOS/c1-36-12-4-2-7-15-40-16-11-20-48(53(40)56-36)39-24-30-45(31-25-39)54(46-18-10-17-41(35-46)37-13-5-3-6-14-37)44-28-22-38(23-29-44)42-26-32-47-43(34-42)27-33-51-52(47)49-19-8-9-21-50(49)55-51/h2-35H,1H3. The summed E-state index contributed by atoms with van der Waals surface area (Å²) >= 11 is 1.83. The Morgan fingerprint density at radius 1 is 0.393 bits per heavy atom. The van der Waals surface area contributed by atoms with Gasteiger partial charge in [0.05, 0.1) is 0 Å². The molecule has 0 radical (unpaired) electrons. The summed E-state index contributed by atoms with van der Waals surface area (Å²) in [5, 5.41) is 5.96. The van der Waals surface area contributed by atoms with Crippen molar-refractivity contribution in [2.75, 3.05) is 4.90 Å². The van der Waals surface area contributed by atoms with Crippen LogP contribution in [0, 0.1) is 6.92 Å². The Morgan fingerprint density at radius 3 is 1.84 bits per heavy atom. The van der Waals surface area contributed by atoms with Crippen LogP contribution in [0.2, 0.25) is 0 Å². The fraction of sp³-hybridized carbons (Fsp3) is 0.0189. The van der Waals surface area contributed by atoms with Gasteiger partial charge in [-0.25, -0.2) is 0 Å².